The molecule has 0 amide bonds. The van der Waals surface area contributed by atoms with E-state index in [4.69, 9.17) is 19.6 Å². The summed E-state index contributed by atoms with van der Waals surface area (Å²) in [5.41, 5.74) is 0. The van der Waals surface area contributed by atoms with Crippen molar-refractivity contribution in [2.45, 2.75) is 30.3 Å². The Kier molecular flexibility index (Phi) is 7.45. The van der Waals surface area contributed by atoms with Gasteiger partial charge in [-0.25, -0.2) is 13.5 Å². The predicted octanol–water partition coefficient (Wildman–Crippen LogP) is 1.84. The normalized spacial score (nSPS) is 16.3. The Labute approximate surface area is 129 Å². The van der Waals surface area contributed by atoms with Gasteiger partial charge in [-0.15, -0.1) is 0 Å². The molecule has 0 aromatic carbocycles. The summed E-state index contributed by atoms with van der Waals surface area (Å²) in [7, 11) is -11.2. The van der Waals surface area contributed by atoms with Gasteiger partial charge in [0, 0.05) is 6.42 Å². The third-order valence-electron chi connectivity index (χ3n) is 2.35. The van der Waals surface area contributed by atoms with Gasteiger partial charge in [-0.2, -0.15) is 26.3 Å². The van der Waals surface area contributed by atoms with Crippen LogP contribution in [0.4, 0.5) is 30.7 Å². The lowest BCUT2D eigenvalue weighted by Gasteiger charge is -2.35. The van der Waals surface area contributed by atoms with Crippen molar-refractivity contribution in [3.63, 3.8) is 0 Å². The standard InChI is InChI=1S/C7H11F7O8P2/c8-3-5(9,10)7(13,14)6(11,12)4(22-24(18,19)20)1-2-21-23(15,16)17/h4H,1-3H2,(H2,15,16,17)(H2,18,19,20). The van der Waals surface area contributed by atoms with Gasteiger partial charge in [0.05, 0.1) is 6.61 Å². The first-order valence-electron chi connectivity index (χ1n) is 5.51. The van der Waals surface area contributed by atoms with Crippen LogP contribution in [0.2, 0.25) is 0 Å². The third-order valence-corrected chi connectivity index (χ3v) is 3.40. The minimum absolute atomic E-state index is 1.53. The fraction of sp³-hybridized carbons (Fsp3) is 1.00. The maximum Gasteiger partial charge on any atom is 0.470 e. The van der Waals surface area contributed by atoms with Gasteiger partial charge in [0.25, 0.3) is 0 Å². The first-order chi connectivity index (χ1) is 10.4. The first-order valence-corrected chi connectivity index (χ1v) is 8.57. The molecule has 24 heavy (non-hydrogen) atoms. The molecule has 4 N–H and O–H groups in total. The van der Waals surface area contributed by atoms with E-state index in [9.17, 15) is 39.9 Å². The van der Waals surface area contributed by atoms with E-state index in [-0.39, 0.29) is 0 Å². The van der Waals surface area contributed by atoms with E-state index in [1.165, 1.54) is 0 Å². The number of hydrogen-bond acceptors (Lipinski definition) is 4. The van der Waals surface area contributed by atoms with Crippen LogP contribution >= 0.6 is 15.6 Å². The molecule has 8 nitrogen and oxygen atoms in total. The van der Waals surface area contributed by atoms with Crippen LogP contribution in [0.25, 0.3) is 0 Å². The molecule has 0 saturated heterocycles. The van der Waals surface area contributed by atoms with Gasteiger partial charge < -0.3 is 19.6 Å². The van der Waals surface area contributed by atoms with Gasteiger partial charge in [-0.1, -0.05) is 0 Å². The molecule has 0 heterocycles. The zero-order valence-corrected chi connectivity index (χ0v) is 12.9. The number of phosphoric acid groups is 2. The van der Waals surface area contributed by atoms with Crippen LogP contribution in [0, 0.1) is 0 Å². The highest BCUT2D eigenvalue weighted by Crippen LogP contribution is 2.52. The second-order valence-corrected chi connectivity index (χ2v) is 6.66. The Morgan fingerprint density at radius 3 is 1.71 bits per heavy atom. The van der Waals surface area contributed by atoms with Gasteiger partial charge in [-0.3, -0.25) is 9.05 Å². The number of phosphoric ester groups is 2. The van der Waals surface area contributed by atoms with Crippen molar-refractivity contribution in [3.8, 4) is 0 Å². The van der Waals surface area contributed by atoms with E-state index in [0.29, 0.717) is 0 Å². The molecule has 0 rings (SSSR count). The Morgan fingerprint density at radius 2 is 1.38 bits per heavy atom. The van der Waals surface area contributed by atoms with Crippen LogP contribution in [0.1, 0.15) is 6.42 Å². The summed E-state index contributed by atoms with van der Waals surface area (Å²) in [6, 6.07) is 0. The van der Waals surface area contributed by atoms with E-state index in [0.717, 1.165) is 0 Å². The van der Waals surface area contributed by atoms with Gasteiger partial charge in [0.1, 0.15) is 6.10 Å². The van der Waals surface area contributed by atoms with Gasteiger partial charge in [-0.05, 0) is 0 Å². The molecule has 0 aromatic rings. The summed E-state index contributed by atoms with van der Waals surface area (Å²) in [4.78, 5) is 33.3. The van der Waals surface area contributed by atoms with Crippen molar-refractivity contribution in [2.24, 2.45) is 0 Å². The van der Waals surface area contributed by atoms with Gasteiger partial charge in [0.15, 0.2) is 6.67 Å². The number of alkyl halides is 7. The van der Waals surface area contributed by atoms with Crippen molar-refractivity contribution >= 4 is 15.6 Å². The molecular weight excluding hydrogens is 407 g/mol. The molecule has 0 bridgehead atoms. The SMILES string of the molecule is O=P(O)(O)OCCC(OP(=O)(O)O)C(F)(F)C(F)(F)C(F)(F)CF. The Hall–Kier alpha value is -0.270. The maximum atomic E-state index is 13.6. The lowest BCUT2D eigenvalue weighted by atomic mass is 9.98. The highest BCUT2D eigenvalue weighted by molar-refractivity contribution is 7.46. The van der Waals surface area contributed by atoms with Crippen LogP contribution < -0.4 is 0 Å². The zero-order chi connectivity index (χ0) is 19.6. The number of hydrogen-bond donors (Lipinski definition) is 4. The molecule has 0 saturated carbocycles. The molecule has 0 aliphatic heterocycles. The second kappa shape index (κ2) is 7.54. The first kappa shape index (κ1) is 23.7. The quantitative estimate of drug-likeness (QED) is 0.312. The van der Waals surface area contributed by atoms with Crippen molar-refractivity contribution in [3.05, 3.63) is 0 Å². The van der Waals surface area contributed by atoms with Crippen LogP contribution in [0.3, 0.4) is 0 Å². The van der Waals surface area contributed by atoms with E-state index in [1.54, 1.807) is 0 Å². The third kappa shape index (κ3) is 6.23. The minimum atomic E-state index is -6.45. The van der Waals surface area contributed by atoms with Crippen LogP contribution in [0.15, 0.2) is 0 Å². The molecule has 0 aromatic heterocycles. The molecule has 0 radical (unpaired) electrons. The predicted molar refractivity (Wildman–Crippen MR) is 60.3 cm³/mol. The largest absolute Gasteiger partial charge is 0.470 e. The average Bonchev–Trinajstić information content (AvgIpc) is 2.34. The molecular formula is C7H11F7O8P2. The number of rotatable bonds is 10. The fourth-order valence-corrected chi connectivity index (χ4v) is 2.19. The van der Waals surface area contributed by atoms with E-state index >= 15 is 0 Å². The highest BCUT2D eigenvalue weighted by atomic mass is 31.2. The van der Waals surface area contributed by atoms with E-state index in [2.05, 4.69) is 9.05 Å². The van der Waals surface area contributed by atoms with Gasteiger partial charge >= 0.3 is 33.4 Å². The molecule has 17 heteroatoms. The Balaban J connectivity index is 5.59. The highest BCUT2D eigenvalue weighted by Gasteiger charge is 2.74. The Morgan fingerprint density at radius 1 is 0.917 bits per heavy atom. The molecule has 0 fully saturated rings. The Bertz CT molecular complexity index is 517. The fourth-order valence-electron chi connectivity index (χ4n) is 1.27. The summed E-state index contributed by atoms with van der Waals surface area (Å²) < 4.78 is 119. The topological polar surface area (TPSA) is 134 Å². The maximum absolute atomic E-state index is 13.6. The zero-order valence-electron chi connectivity index (χ0n) is 11.2. The minimum Gasteiger partial charge on any atom is -0.303 e. The molecule has 1 unspecified atom stereocenters. The molecule has 0 aliphatic carbocycles. The molecule has 0 aliphatic rings. The summed E-state index contributed by atoms with van der Waals surface area (Å²) in [6.07, 6.45) is -5.43. The monoisotopic (exact) mass is 418 g/mol. The molecule has 0 spiro atoms. The number of halogens is 7. The van der Waals surface area contributed by atoms with E-state index < -0.39 is 59.2 Å². The van der Waals surface area contributed by atoms with Crippen LogP contribution in [-0.4, -0.2) is 56.7 Å². The second-order valence-electron chi connectivity index (χ2n) is 4.23. The van der Waals surface area contributed by atoms with Crippen LogP contribution in [-0.2, 0) is 18.2 Å². The van der Waals surface area contributed by atoms with Crippen molar-refractivity contribution in [1.82, 2.24) is 0 Å². The van der Waals surface area contributed by atoms with E-state index in [1.807, 2.05) is 0 Å². The lowest BCUT2D eigenvalue weighted by molar-refractivity contribution is -0.333. The lowest BCUT2D eigenvalue weighted by Crippen LogP contribution is -2.60. The summed E-state index contributed by atoms with van der Waals surface area (Å²) in [6.45, 7) is -4.75. The summed E-state index contributed by atoms with van der Waals surface area (Å²) in [5, 5.41) is 0. The summed E-state index contributed by atoms with van der Waals surface area (Å²) >= 11 is 0. The van der Waals surface area contributed by atoms with Crippen molar-refractivity contribution in [1.29, 1.82) is 0 Å². The summed E-state index contributed by atoms with van der Waals surface area (Å²) in [5.74, 6) is -18.4. The average molecular weight is 418 g/mol. The molecule has 146 valence electrons. The van der Waals surface area contributed by atoms with Crippen molar-refractivity contribution < 1.29 is 68.5 Å². The molecule has 1 atom stereocenters. The van der Waals surface area contributed by atoms with Crippen LogP contribution in [0.5, 0.6) is 0 Å². The smallest absolute Gasteiger partial charge is 0.303 e. The van der Waals surface area contributed by atoms with Gasteiger partial charge in [0.2, 0.25) is 0 Å². The van der Waals surface area contributed by atoms with Crippen molar-refractivity contribution in [2.75, 3.05) is 13.3 Å².